The highest BCUT2D eigenvalue weighted by atomic mass is 16.6. The maximum atomic E-state index is 13.0. The lowest BCUT2D eigenvalue weighted by atomic mass is 9.90. The maximum absolute atomic E-state index is 13.0. The SMILES string of the molecule is CC(C)c1ccc(C(=O)Cn2cnc3cc([N+](=O)[O-])ccc3c2=O)c(C(C)C)c1. The molecule has 150 valence electrons. The molecule has 0 saturated heterocycles. The number of nitrogens with zero attached hydrogens (tertiary/aromatic N) is 3. The number of aromatic nitrogens is 2. The maximum Gasteiger partial charge on any atom is 0.271 e. The van der Waals surface area contributed by atoms with E-state index in [1.807, 2.05) is 26.0 Å². The highest BCUT2D eigenvalue weighted by molar-refractivity contribution is 5.97. The molecule has 1 aromatic heterocycles. The van der Waals surface area contributed by atoms with Gasteiger partial charge >= 0.3 is 0 Å². The molecule has 0 atom stereocenters. The Labute approximate surface area is 168 Å². The minimum Gasteiger partial charge on any atom is -0.292 e. The molecule has 29 heavy (non-hydrogen) atoms. The van der Waals surface area contributed by atoms with Gasteiger partial charge in [-0.25, -0.2) is 4.98 Å². The molecule has 0 bridgehead atoms. The summed E-state index contributed by atoms with van der Waals surface area (Å²) in [5.41, 5.74) is 2.42. The van der Waals surface area contributed by atoms with Gasteiger partial charge in [-0.3, -0.25) is 24.3 Å². The molecule has 0 unspecified atom stereocenters. The van der Waals surface area contributed by atoms with Crippen LogP contribution in [0.15, 0.2) is 47.5 Å². The van der Waals surface area contributed by atoms with Crippen molar-refractivity contribution in [3.63, 3.8) is 0 Å². The largest absolute Gasteiger partial charge is 0.292 e. The van der Waals surface area contributed by atoms with Crippen LogP contribution in [0, 0.1) is 10.1 Å². The molecule has 7 heteroatoms. The number of nitro groups is 1. The fourth-order valence-corrected chi connectivity index (χ4v) is 3.28. The van der Waals surface area contributed by atoms with Crippen molar-refractivity contribution in [1.82, 2.24) is 9.55 Å². The Morgan fingerprint density at radius 3 is 2.45 bits per heavy atom. The van der Waals surface area contributed by atoms with E-state index in [9.17, 15) is 19.7 Å². The number of ketones is 1. The highest BCUT2D eigenvalue weighted by Gasteiger charge is 2.17. The Morgan fingerprint density at radius 2 is 1.83 bits per heavy atom. The second-order valence-electron chi connectivity index (χ2n) is 7.72. The quantitative estimate of drug-likeness (QED) is 0.351. The molecule has 0 fully saturated rings. The van der Waals surface area contributed by atoms with Crippen LogP contribution in [0.5, 0.6) is 0 Å². The topological polar surface area (TPSA) is 95.1 Å². The number of nitro benzene ring substituents is 1. The van der Waals surface area contributed by atoms with Gasteiger partial charge in [-0.05, 0) is 29.0 Å². The Kier molecular flexibility index (Phi) is 5.59. The summed E-state index contributed by atoms with van der Waals surface area (Å²) in [6.07, 6.45) is 1.27. The van der Waals surface area contributed by atoms with Crippen molar-refractivity contribution in [2.45, 2.75) is 46.1 Å². The molecule has 0 saturated carbocycles. The summed E-state index contributed by atoms with van der Waals surface area (Å²) in [7, 11) is 0. The van der Waals surface area contributed by atoms with Gasteiger partial charge in [0.2, 0.25) is 0 Å². The van der Waals surface area contributed by atoms with E-state index in [1.54, 1.807) is 0 Å². The smallest absolute Gasteiger partial charge is 0.271 e. The van der Waals surface area contributed by atoms with Crippen molar-refractivity contribution in [2.75, 3.05) is 0 Å². The third-order valence-electron chi connectivity index (χ3n) is 5.00. The molecule has 3 rings (SSSR count). The first-order chi connectivity index (χ1) is 13.7. The van der Waals surface area contributed by atoms with Crippen molar-refractivity contribution in [1.29, 1.82) is 0 Å². The zero-order valence-corrected chi connectivity index (χ0v) is 16.9. The fraction of sp³-hybridized carbons (Fsp3) is 0.318. The molecule has 0 aliphatic rings. The van der Waals surface area contributed by atoms with E-state index < -0.39 is 10.5 Å². The van der Waals surface area contributed by atoms with Gasteiger partial charge in [0.15, 0.2) is 5.78 Å². The number of non-ortho nitro benzene ring substituents is 1. The summed E-state index contributed by atoms with van der Waals surface area (Å²) in [6.45, 7) is 8.14. The van der Waals surface area contributed by atoms with Crippen molar-refractivity contribution < 1.29 is 9.72 Å². The van der Waals surface area contributed by atoms with Gasteiger partial charge in [0.05, 0.1) is 28.7 Å². The number of benzene rings is 2. The van der Waals surface area contributed by atoms with Crippen molar-refractivity contribution >= 4 is 22.4 Å². The highest BCUT2D eigenvalue weighted by Crippen LogP contribution is 2.25. The normalized spacial score (nSPS) is 11.4. The Bertz CT molecular complexity index is 1160. The van der Waals surface area contributed by atoms with Crippen LogP contribution < -0.4 is 5.56 Å². The van der Waals surface area contributed by atoms with Gasteiger partial charge in [0, 0.05) is 17.7 Å². The van der Waals surface area contributed by atoms with Crippen LogP contribution >= 0.6 is 0 Å². The molecule has 3 aromatic rings. The molecule has 0 aliphatic heterocycles. The summed E-state index contributed by atoms with van der Waals surface area (Å²) in [6, 6.07) is 9.73. The minimum atomic E-state index is -0.537. The third kappa shape index (κ3) is 4.08. The predicted molar refractivity (Wildman–Crippen MR) is 112 cm³/mol. The van der Waals surface area contributed by atoms with E-state index in [2.05, 4.69) is 24.9 Å². The number of carbonyl (C=O) groups is 1. The number of Topliss-reactive ketones (excluding diaryl/α,β-unsaturated/α-hetero) is 1. The van der Waals surface area contributed by atoms with Gasteiger partial charge in [-0.1, -0.05) is 45.9 Å². The minimum absolute atomic E-state index is 0.134. The predicted octanol–water partition coefficient (Wildman–Crippen LogP) is 4.43. The molecule has 7 nitrogen and oxygen atoms in total. The molecule has 0 radical (unpaired) electrons. The first-order valence-corrected chi connectivity index (χ1v) is 9.49. The summed E-state index contributed by atoms with van der Waals surface area (Å²) >= 11 is 0. The zero-order chi connectivity index (χ0) is 21.3. The van der Waals surface area contributed by atoms with E-state index in [0.29, 0.717) is 11.5 Å². The van der Waals surface area contributed by atoms with E-state index >= 15 is 0 Å². The number of hydrogen-bond acceptors (Lipinski definition) is 5. The number of hydrogen-bond donors (Lipinski definition) is 0. The molecule has 0 N–H and O–H groups in total. The molecular formula is C22H23N3O4. The Morgan fingerprint density at radius 1 is 1.10 bits per heavy atom. The lowest BCUT2D eigenvalue weighted by Crippen LogP contribution is -2.25. The van der Waals surface area contributed by atoms with E-state index in [4.69, 9.17) is 0 Å². The average molecular weight is 393 g/mol. The number of rotatable bonds is 6. The Balaban J connectivity index is 1.98. The van der Waals surface area contributed by atoms with Gasteiger partial charge < -0.3 is 0 Å². The molecular weight excluding hydrogens is 370 g/mol. The summed E-state index contributed by atoms with van der Waals surface area (Å²) in [5.74, 6) is 0.349. The van der Waals surface area contributed by atoms with E-state index in [0.717, 1.165) is 11.1 Å². The lowest BCUT2D eigenvalue weighted by Gasteiger charge is -2.16. The Hall–Kier alpha value is -3.35. The average Bonchev–Trinajstić information content (AvgIpc) is 2.69. The van der Waals surface area contributed by atoms with Crippen molar-refractivity contribution in [3.05, 3.63) is 79.9 Å². The van der Waals surface area contributed by atoms with Crippen LogP contribution in [0.25, 0.3) is 10.9 Å². The van der Waals surface area contributed by atoms with Crippen LogP contribution in [0.1, 0.15) is 61.0 Å². The summed E-state index contributed by atoms with van der Waals surface area (Å²) in [4.78, 5) is 40.2. The van der Waals surface area contributed by atoms with E-state index in [-0.39, 0.29) is 34.8 Å². The standard InChI is InChI=1S/C22H23N3O4/c1-13(2)15-5-7-17(19(9-15)14(3)4)21(26)11-24-12-23-20-10-16(25(28)29)6-8-18(20)22(24)27/h5-10,12-14H,11H2,1-4H3. The van der Waals surface area contributed by atoms with Gasteiger partial charge in [-0.2, -0.15) is 0 Å². The number of carbonyl (C=O) groups excluding carboxylic acids is 1. The number of fused-ring (bicyclic) bond motifs is 1. The molecule has 0 aliphatic carbocycles. The van der Waals surface area contributed by atoms with Crippen LogP contribution in [0.3, 0.4) is 0 Å². The first kappa shape index (κ1) is 20.4. The van der Waals surface area contributed by atoms with Crippen molar-refractivity contribution in [2.24, 2.45) is 0 Å². The van der Waals surface area contributed by atoms with Gasteiger partial charge in [0.1, 0.15) is 0 Å². The lowest BCUT2D eigenvalue weighted by molar-refractivity contribution is -0.384. The summed E-state index contributed by atoms with van der Waals surface area (Å²) < 4.78 is 1.25. The monoisotopic (exact) mass is 393 g/mol. The van der Waals surface area contributed by atoms with Crippen LogP contribution in [-0.2, 0) is 6.54 Å². The summed E-state index contributed by atoms with van der Waals surface area (Å²) in [5, 5.41) is 11.1. The van der Waals surface area contributed by atoms with Crippen LogP contribution in [-0.4, -0.2) is 20.3 Å². The van der Waals surface area contributed by atoms with Gasteiger partial charge in [0.25, 0.3) is 11.2 Å². The second kappa shape index (κ2) is 7.95. The van der Waals surface area contributed by atoms with Crippen molar-refractivity contribution in [3.8, 4) is 0 Å². The molecule has 2 aromatic carbocycles. The third-order valence-corrected chi connectivity index (χ3v) is 5.00. The molecule has 0 spiro atoms. The molecule has 0 amide bonds. The fourth-order valence-electron chi connectivity index (χ4n) is 3.28. The first-order valence-electron chi connectivity index (χ1n) is 9.49. The van der Waals surface area contributed by atoms with Crippen LogP contribution in [0.4, 0.5) is 5.69 Å². The zero-order valence-electron chi connectivity index (χ0n) is 16.9. The van der Waals surface area contributed by atoms with E-state index in [1.165, 1.54) is 29.1 Å². The second-order valence-corrected chi connectivity index (χ2v) is 7.72. The van der Waals surface area contributed by atoms with Gasteiger partial charge in [-0.15, -0.1) is 0 Å². The van der Waals surface area contributed by atoms with Crippen LogP contribution in [0.2, 0.25) is 0 Å². The molecule has 1 heterocycles.